The summed E-state index contributed by atoms with van der Waals surface area (Å²) in [5, 5.41) is 5.73. The summed E-state index contributed by atoms with van der Waals surface area (Å²) in [6, 6.07) is 0. The smallest absolute Gasteiger partial charge is 0.246 e. The van der Waals surface area contributed by atoms with Crippen molar-refractivity contribution in [3.8, 4) is 0 Å². The molecular formula is C11H21N3O3. The van der Waals surface area contributed by atoms with Crippen molar-refractivity contribution >= 4 is 11.8 Å². The average Bonchev–Trinajstić information content (AvgIpc) is 2.34. The van der Waals surface area contributed by atoms with Crippen molar-refractivity contribution in [1.82, 2.24) is 15.5 Å². The second-order valence-corrected chi connectivity index (χ2v) is 4.27. The normalized spacial score (nSPS) is 16.1. The van der Waals surface area contributed by atoms with Crippen LogP contribution in [-0.2, 0) is 14.3 Å². The van der Waals surface area contributed by atoms with E-state index in [-0.39, 0.29) is 31.1 Å². The van der Waals surface area contributed by atoms with Gasteiger partial charge in [-0.2, -0.15) is 0 Å². The van der Waals surface area contributed by atoms with Crippen LogP contribution in [0, 0.1) is 0 Å². The van der Waals surface area contributed by atoms with E-state index < -0.39 is 0 Å². The number of amides is 2. The molecule has 6 heteroatoms. The van der Waals surface area contributed by atoms with Crippen LogP contribution in [0.5, 0.6) is 0 Å². The van der Waals surface area contributed by atoms with Crippen LogP contribution in [0.1, 0.15) is 13.8 Å². The van der Waals surface area contributed by atoms with E-state index in [0.29, 0.717) is 13.1 Å². The van der Waals surface area contributed by atoms with Crippen LogP contribution < -0.4 is 10.6 Å². The van der Waals surface area contributed by atoms with E-state index in [1.54, 1.807) is 4.90 Å². The SMILES string of the molecule is CC(C)OCC(=O)NCC(=O)N1CCNCC1. The quantitative estimate of drug-likeness (QED) is 0.647. The Balaban J connectivity index is 2.16. The molecule has 1 aliphatic heterocycles. The molecule has 6 nitrogen and oxygen atoms in total. The lowest BCUT2D eigenvalue weighted by molar-refractivity contribution is -0.134. The zero-order valence-corrected chi connectivity index (χ0v) is 10.5. The van der Waals surface area contributed by atoms with E-state index in [2.05, 4.69) is 10.6 Å². The highest BCUT2D eigenvalue weighted by molar-refractivity contribution is 5.85. The highest BCUT2D eigenvalue weighted by atomic mass is 16.5. The average molecular weight is 243 g/mol. The number of hydrogen-bond acceptors (Lipinski definition) is 4. The number of nitrogens with zero attached hydrogens (tertiary/aromatic N) is 1. The minimum absolute atomic E-state index is 0.00645. The number of nitrogens with one attached hydrogen (secondary N) is 2. The molecule has 0 spiro atoms. The summed E-state index contributed by atoms with van der Waals surface area (Å²) in [6.07, 6.45) is 0.0182. The van der Waals surface area contributed by atoms with Crippen LogP contribution in [0.4, 0.5) is 0 Å². The first-order valence-corrected chi connectivity index (χ1v) is 5.96. The van der Waals surface area contributed by atoms with Gasteiger partial charge in [0.25, 0.3) is 0 Å². The molecule has 1 fully saturated rings. The van der Waals surface area contributed by atoms with Gasteiger partial charge in [0.2, 0.25) is 11.8 Å². The third-order valence-electron chi connectivity index (χ3n) is 2.45. The summed E-state index contributed by atoms with van der Waals surface area (Å²) in [7, 11) is 0. The number of piperazine rings is 1. The van der Waals surface area contributed by atoms with Crippen LogP contribution >= 0.6 is 0 Å². The number of carbonyl (C=O) groups excluding carboxylic acids is 2. The molecule has 0 radical (unpaired) electrons. The van der Waals surface area contributed by atoms with Crippen LogP contribution in [0.2, 0.25) is 0 Å². The molecule has 2 N–H and O–H groups in total. The van der Waals surface area contributed by atoms with E-state index in [9.17, 15) is 9.59 Å². The molecular weight excluding hydrogens is 222 g/mol. The van der Waals surface area contributed by atoms with Crippen molar-refractivity contribution in [2.45, 2.75) is 20.0 Å². The highest BCUT2D eigenvalue weighted by Crippen LogP contribution is 1.92. The standard InChI is InChI=1S/C11H21N3O3/c1-9(2)17-8-10(15)13-7-11(16)14-5-3-12-4-6-14/h9,12H,3-8H2,1-2H3,(H,13,15). The molecule has 0 aromatic carbocycles. The lowest BCUT2D eigenvalue weighted by Crippen LogP contribution is -2.49. The molecule has 2 amide bonds. The minimum Gasteiger partial charge on any atom is -0.369 e. The van der Waals surface area contributed by atoms with Crippen LogP contribution in [0.3, 0.4) is 0 Å². The van der Waals surface area contributed by atoms with Crippen LogP contribution in [0.25, 0.3) is 0 Å². The van der Waals surface area contributed by atoms with Crippen molar-refractivity contribution < 1.29 is 14.3 Å². The molecule has 0 bridgehead atoms. The molecule has 98 valence electrons. The fourth-order valence-corrected chi connectivity index (χ4v) is 1.49. The Kier molecular flexibility index (Phi) is 5.93. The van der Waals surface area contributed by atoms with Gasteiger partial charge in [-0.1, -0.05) is 0 Å². The maximum Gasteiger partial charge on any atom is 0.246 e. The Morgan fingerprint density at radius 3 is 2.59 bits per heavy atom. The van der Waals surface area contributed by atoms with Gasteiger partial charge in [-0.05, 0) is 13.8 Å². The van der Waals surface area contributed by atoms with E-state index in [0.717, 1.165) is 13.1 Å². The van der Waals surface area contributed by atoms with Gasteiger partial charge in [0.05, 0.1) is 12.6 Å². The maximum absolute atomic E-state index is 11.7. The Morgan fingerprint density at radius 2 is 2.00 bits per heavy atom. The van der Waals surface area contributed by atoms with Crippen LogP contribution in [0.15, 0.2) is 0 Å². The van der Waals surface area contributed by atoms with Crippen molar-refractivity contribution in [1.29, 1.82) is 0 Å². The fraction of sp³-hybridized carbons (Fsp3) is 0.818. The first-order chi connectivity index (χ1) is 8.09. The predicted octanol–water partition coefficient (Wildman–Crippen LogP) is -1.04. The Morgan fingerprint density at radius 1 is 1.35 bits per heavy atom. The van der Waals surface area contributed by atoms with Gasteiger partial charge >= 0.3 is 0 Å². The molecule has 1 aliphatic rings. The molecule has 0 saturated carbocycles. The summed E-state index contributed by atoms with van der Waals surface area (Å²) in [4.78, 5) is 24.7. The second-order valence-electron chi connectivity index (χ2n) is 4.27. The van der Waals surface area contributed by atoms with Gasteiger partial charge < -0.3 is 20.3 Å². The zero-order chi connectivity index (χ0) is 12.7. The van der Waals surface area contributed by atoms with Gasteiger partial charge in [-0.25, -0.2) is 0 Å². The summed E-state index contributed by atoms with van der Waals surface area (Å²) >= 11 is 0. The number of carbonyl (C=O) groups is 2. The van der Waals surface area contributed by atoms with E-state index >= 15 is 0 Å². The molecule has 0 aromatic heterocycles. The molecule has 1 rings (SSSR count). The molecule has 0 aromatic rings. The molecule has 0 atom stereocenters. The zero-order valence-electron chi connectivity index (χ0n) is 10.5. The molecule has 1 heterocycles. The highest BCUT2D eigenvalue weighted by Gasteiger charge is 2.16. The molecule has 1 saturated heterocycles. The largest absolute Gasteiger partial charge is 0.369 e. The van der Waals surface area contributed by atoms with E-state index in [1.165, 1.54) is 0 Å². The van der Waals surface area contributed by atoms with Crippen molar-refractivity contribution in [2.24, 2.45) is 0 Å². The Labute approximate surface area is 102 Å². The summed E-state index contributed by atoms with van der Waals surface area (Å²) in [5.74, 6) is -0.286. The lowest BCUT2D eigenvalue weighted by atomic mass is 10.3. The third kappa shape index (κ3) is 5.65. The summed E-state index contributed by atoms with van der Waals surface area (Å²) < 4.78 is 5.13. The molecule has 0 unspecified atom stereocenters. The van der Waals surface area contributed by atoms with Gasteiger partial charge in [0.1, 0.15) is 6.61 Å². The van der Waals surface area contributed by atoms with E-state index in [1.807, 2.05) is 13.8 Å². The maximum atomic E-state index is 11.7. The van der Waals surface area contributed by atoms with Gasteiger partial charge in [0.15, 0.2) is 0 Å². The number of rotatable bonds is 5. The first kappa shape index (κ1) is 13.9. The van der Waals surface area contributed by atoms with Gasteiger partial charge in [-0.3, -0.25) is 9.59 Å². The van der Waals surface area contributed by atoms with Crippen molar-refractivity contribution in [3.63, 3.8) is 0 Å². The molecule has 0 aliphatic carbocycles. The number of ether oxygens (including phenoxy) is 1. The lowest BCUT2D eigenvalue weighted by Gasteiger charge is -2.27. The summed E-state index contributed by atoms with van der Waals surface area (Å²) in [6.45, 7) is 6.83. The minimum atomic E-state index is -0.248. The van der Waals surface area contributed by atoms with Crippen molar-refractivity contribution in [3.05, 3.63) is 0 Å². The monoisotopic (exact) mass is 243 g/mol. The fourth-order valence-electron chi connectivity index (χ4n) is 1.49. The second kappa shape index (κ2) is 7.24. The van der Waals surface area contributed by atoms with Gasteiger partial charge in [-0.15, -0.1) is 0 Å². The third-order valence-corrected chi connectivity index (χ3v) is 2.45. The van der Waals surface area contributed by atoms with Gasteiger partial charge in [0, 0.05) is 26.2 Å². The Hall–Kier alpha value is -1.14. The van der Waals surface area contributed by atoms with E-state index in [4.69, 9.17) is 4.74 Å². The topological polar surface area (TPSA) is 70.7 Å². The first-order valence-electron chi connectivity index (χ1n) is 5.96. The predicted molar refractivity (Wildman–Crippen MR) is 63.5 cm³/mol. The van der Waals surface area contributed by atoms with Crippen LogP contribution in [-0.4, -0.2) is 62.1 Å². The van der Waals surface area contributed by atoms with Crippen molar-refractivity contribution in [2.75, 3.05) is 39.3 Å². The molecule has 17 heavy (non-hydrogen) atoms. The summed E-state index contributed by atoms with van der Waals surface area (Å²) in [5.41, 5.74) is 0. The Bertz CT molecular complexity index is 263. The number of hydrogen-bond donors (Lipinski definition) is 2.